The van der Waals surface area contributed by atoms with Gasteiger partial charge in [-0.15, -0.1) is 0 Å². The van der Waals surface area contributed by atoms with Crippen LogP contribution in [0.15, 0.2) is 24.5 Å². The lowest BCUT2D eigenvalue weighted by Crippen LogP contribution is -2.14. The molecule has 0 aromatic carbocycles. The Labute approximate surface area is 112 Å². The van der Waals surface area contributed by atoms with E-state index in [1.54, 1.807) is 12.4 Å². The van der Waals surface area contributed by atoms with Gasteiger partial charge in [0.2, 0.25) is 5.95 Å². The summed E-state index contributed by atoms with van der Waals surface area (Å²) >= 11 is 0. The van der Waals surface area contributed by atoms with Crippen molar-refractivity contribution in [3.05, 3.63) is 41.3 Å². The van der Waals surface area contributed by atoms with E-state index >= 15 is 0 Å². The Kier molecular flexibility index (Phi) is 3.27. The Morgan fingerprint density at radius 3 is 2.74 bits per heavy atom. The van der Waals surface area contributed by atoms with Crippen LogP contribution in [0.3, 0.4) is 0 Å². The van der Waals surface area contributed by atoms with Gasteiger partial charge in [-0.3, -0.25) is 4.98 Å². The largest absolute Gasteiger partial charge is 0.368 e. The maximum atomic E-state index is 5.78. The van der Waals surface area contributed by atoms with E-state index in [0.717, 1.165) is 30.9 Å². The van der Waals surface area contributed by atoms with Crippen molar-refractivity contribution in [3.63, 3.8) is 0 Å². The lowest BCUT2D eigenvalue weighted by Gasteiger charge is -2.19. The number of fused-ring (bicyclic) bond motifs is 1. The summed E-state index contributed by atoms with van der Waals surface area (Å²) in [5.74, 6) is 1.25. The van der Waals surface area contributed by atoms with Crippen molar-refractivity contribution in [2.24, 2.45) is 0 Å². The Morgan fingerprint density at radius 1 is 1.11 bits per heavy atom. The predicted octanol–water partition coefficient (Wildman–Crippen LogP) is 1.94. The highest BCUT2D eigenvalue weighted by Gasteiger charge is 2.16. The number of aromatic nitrogens is 3. The second-order valence-electron chi connectivity index (χ2n) is 4.77. The first-order valence-corrected chi connectivity index (χ1v) is 6.61. The van der Waals surface area contributed by atoms with Crippen LogP contribution in [0.5, 0.6) is 0 Å². The normalized spacial score (nSPS) is 13.9. The smallest absolute Gasteiger partial charge is 0.222 e. The minimum atomic E-state index is 0.359. The number of hydrogen-bond acceptors (Lipinski definition) is 5. The number of aryl methyl sites for hydroxylation is 1. The van der Waals surface area contributed by atoms with Gasteiger partial charge in [0.1, 0.15) is 5.82 Å². The minimum Gasteiger partial charge on any atom is -0.368 e. The van der Waals surface area contributed by atoms with Crippen molar-refractivity contribution < 1.29 is 0 Å². The maximum Gasteiger partial charge on any atom is 0.222 e. The Bertz CT molecular complexity index is 568. The average molecular weight is 255 g/mol. The summed E-state index contributed by atoms with van der Waals surface area (Å²) in [5, 5.41) is 3.37. The van der Waals surface area contributed by atoms with E-state index in [0.29, 0.717) is 5.95 Å². The molecule has 5 nitrogen and oxygen atoms in total. The van der Waals surface area contributed by atoms with E-state index in [-0.39, 0.29) is 0 Å². The molecule has 2 heterocycles. The van der Waals surface area contributed by atoms with Gasteiger partial charge >= 0.3 is 0 Å². The molecule has 3 rings (SSSR count). The molecule has 0 bridgehead atoms. The van der Waals surface area contributed by atoms with Crippen LogP contribution in [-0.4, -0.2) is 15.0 Å². The number of nitrogens with two attached hydrogens (primary N) is 1. The lowest BCUT2D eigenvalue weighted by molar-refractivity contribution is 0.665. The predicted molar refractivity (Wildman–Crippen MR) is 74.7 cm³/mol. The SMILES string of the molecule is Nc1nc2c(c(NCc3ccncc3)n1)CCCC2. The monoisotopic (exact) mass is 255 g/mol. The minimum absolute atomic E-state index is 0.359. The topological polar surface area (TPSA) is 76.7 Å². The molecule has 0 aliphatic heterocycles. The van der Waals surface area contributed by atoms with Gasteiger partial charge in [-0.25, -0.2) is 4.98 Å². The molecule has 0 radical (unpaired) electrons. The molecule has 5 heteroatoms. The van der Waals surface area contributed by atoms with Crippen LogP contribution < -0.4 is 11.1 Å². The summed E-state index contributed by atoms with van der Waals surface area (Å²) in [7, 11) is 0. The van der Waals surface area contributed by atoms with E-state index in [4.69, 9.17) is 5.73 Å². The molecule has 0 fully saturated rings. The molecule has 0 atom stereocenters. The Balaban J connectivity index is 1.82. The van der Waals surface area contributed by atoms with Crippen LogP contribution in [-0.2, 0) is 19.4 Å². The van der Waals surface area contributed by atoms with E-state index in [9.17, 15) is 0 Å². The van der Waals surface area contributed by atoms with Crippen LogP contribution in [0.4, 0.5) is 11.8 Å². The first-order valence-electron chi connectivity index (χ1n) is 6.61. The van der Waals surface area contributed by atoms with Crippen LogP contribution in [0.2, 0.25) is 0 Å². The summed E-state index contributed by atoms with van der Waals surface area (Å²) in [5.41, 5.74) is 9.30. The number of nitrogen functional groups attached to an aromatic ring is 1. The third kappa shape index (κ3) is 2.65. The zero-order valence-corrected chi connectivity index (χ0v) is 10.8. The van der Waals surface area contributed by atoms with E-state index in [1.165, 1.54) is 24.0 Å². The van der Waals surface area contributed by atoms with Gasteiger partial charge in [-0.05, 0) is 43.4 Å². The molecular weight excluding hydrogens is 238 g/mol. The number of pyridine rings is 1. The van der Waals surface area contributed by atoms with Crippen molar-refractivity contribution in [3.8, 4) is 0 Å². The van der Waals surface area contributed by atoms with Gasteiger partial charge in [0, 0.05) is 24.5 Å². The number of rotatable bonds is 3. The summed E-state index contributed by atoms with van der Waals surface area (Å²) in [6.07, 6.45) is 8.01. The van der Waals surface area contributed by atoms with Crippen LogP contribution in [0.1, 0.15) is 29.7 Å². The summed E-state index contributed by atoms with van der Waals surface area (Å²) in [6.45, 7) is 0.728. The molecule has 0 amide bonds. The molecule has 1 aliphatic rings. The second kappa shape index (κ2) is 5.22. The molecule has 0 saturated heterocycles. The van der Waals surface area contributed by atoms with Crippen molar-refractivity contribution in [2.45, 2.75) is 32.2 Å². The highest BCUT2D eigenvalue weighted by Crippen LogP contribution is 2.26. The first-order chi connectivity index (χ1) is 9.33. The van der Waals surface area contributed by atoms with Crippen LogP contribution in [0, 0.1) is 0 Å². The number of hydrogen-bond donors (Lipinski definition) is 2. The van der Waals surface area contributed by atoms with E-state index in [1.807, 2.05) is 12.1 Å². The molecule has 1 aliphatic carbocycles. The fraction of sp³-hybridized carbons (Fsp3) is 0.357. The van der Waals surface area contributed by atoms with Gasteiger partial charge in [0.05, 0.1) is 5.69 Å². The third-order valence-corrected chi connectivity index (χ3v) is 3.41. The van der Waals surface area contributed by atoms with Crippen LogP contribution in [0.25, 0.3) is 0 Å². The number of nitrogens with one attached hydrogen (secondary N) is 1. The first kappa shape index (κ1) is 11.9. The molecule has 19 heavy (non-hydrogen) atoms. The lowest BCUT2D eigenvalue weighted by atomic mass is 9.96. The molecular formula is C14H17N5. The van der Waals surface area contributed by atoms with Gasteiger partial charge < -0.3 is 11.1 Å². The maximum absolute atomic E-state index is 5.78. The quantitative estimate of drug-likeness (QED) is 0.876. The summed E-state index contributed by atoms with van der Waals surface area (Å²) in [6, 6.07) is 3.98. The number of anilines is 2. The van der Waals surface area contributed by atoms with Crippen molar-refractivity contribution in [1.29, 1.82) is 0 Å². The fourth-order valence-electron chi connectivity index (χ4n) is 2.45. The van der Waals surface area contributed by atoms with Gasteiger partial charge in [-0.2, -0.15) is 4.98 Å². The molecule has 3 N–H and O–H groups in total. The van der Waals surface area contributed by atoms with Gasteiger partial charge in [-0.1, -0.05) is 0 Å². The summed E-state index contributed by atoms with van der Waals surface area (Å²) < 4.78 is 0. The zero-order valence-electron chi connectivity index (χ0n) is 10.8. The van der Waals surface area contributed by atoms with E-state index in [2.05, 4.69) is 20.3 Å². The average Bonchev–Trinajstić information content (AvgIpc) is 2.45. The van der Waals surface area contributed by atoms with Gasteiger partial charge in [0.15, 0.2) is 0 Å². The van der Waals surface area contributed by atoms with E-state index < -0.39 is 0 Å². The number of nitrogens with zero attached hydrogens (tertiary/aromatic N) is 3. The fourth-order valence-corrected chi connectivity index (χ4v) is 2.45. The van der Waals surface area contributed by atoms with Gasteiger partial charge in [0.25, 0.3) is 0 Å². The van der Waals surface area contributed by atoms with Crippen molar-refractivity contribution >= 4 is 11.8 Å². The molecule has 2 aromatic rings. The Hall–Kier alpha value is -2.17. The highest BCUT2D eigenvalue weighted by atomic mass is 15.1. The third-order valence-electron chi connectivity index (χ3n) is 3.41. The summed E-state index contributed by atoms with van der Waals surface area (Å²) in [4.78, 5) is 12.7. The zero-order chi connectivity index (χ0) is 13.1. The molecule has 0 unspecified atom stereocenters. The molecule has 0 saturated carbocycles. The molecule has 98 valence electrons. The van der Waals surface area contributed by atoms with Crippen molar-refractivity contribution in [1.82, 2.24) is 15.0 Å². The Morgan fingerprint density at radius 2 is 1.89 bits per heavy atom. The highest BCUT2D eigenvalue weighted by molar-refractivity contribution is 5.50. The molecule has 2 aromatic heterocycles. The molecule has 0 spiro atoms. The van der Waals surface area contributed by atoms with Crippen molar-refractivity contribution in [2.75, 3.05) is 11.1 Å². The standard InChI is InChI=1S/C14H17N5/c15-14-18-12-4-2-1-3-11(12)13(19-14)17-9-10-5-7-16-8-6-10/h5-8H,1-4,9H2,(H3,15,17,18,19). The second-order valence-corrected chi connectivity index (χ2v) is 4.77. The van der Waals surface area contributed by atoms with Crippen LogP contribution >= 0.6 is 0 Å².